The molecule has 1 N–H and O–H groups in total. The number of anilines is 1. The molecule has 0 bridgehead atoms. The van der Waals surface area contributed by atoms with Crippen LogP contribution in [0.25, 0.3) is 0 Å². The summed E-state index contributed by atoms with van der Waals surface area (Å²) in [6, 6.07) is 8.54. The predicted octanol–water partition coefficient (Wildman–Crippen LogP) is 2.67. The first kappa shape index (κ1) is 16.3. The summed E-state index contributed by atoms with van der Waals surface area (Å²) in [7, 11) is 0. The number of aromatic nitrogens is 3. The maximum atomic E-state index is 13.2. The van der Waals surface area contributed by atoms with E-state index in [9.17, 15) is 4.79 Å². The van der Waals surface area contributed by atoms with Crippen LogP contribution in [0.15, 0.2) is 24.3 Å². The number of rotatable bonds is 2. The van der Waals surface area contributed by atoms with Crippen LogP contribution in [-0.2, 0) is 0 Å². The molecule has 1 atom stereocenters. The van der Waals surface area contributed by atoms with Crippen LogP contribution in [0.5, 0.6) is 0 Å². The Hall–Kier alpha value is -2.21. The van der Waals surface area contributed by atoms with Crippen LogP contribution in [0.2, 0.25) is 0 Å². The molecule has 132 valence electrons. The minimum absolute atomic E-state index is 0.0305. The highest BCUT2D eigenvalue weighted by Gasteiger charge is 2.30. The molecule has 1 unspecified atom stereocenters. The van der Waals surface area contributed by atoms with Crippen molar-refractivity contribution in [1.29, 1.82) is 0 Å². The number of hydrogen-bond donors (Lipinski definition) is 1. The zero-order valence-electron chi connectivity index (χ0n) is 14.9. The third kappa shape index (κ3) is 2.84. The van der Waals surface area contributed by atoms with E-state index >= 15 is 0 Å². The largest absolute Gasteiger partial charge is 0.317 e. The lowest BCUT2D eigenvalue weighted by Gasteiger charge is -2.32. The minimum atomic E-state index is -0.0305. The Morgan fingerprint density at radius 3 is 2.76 bits per heavy atom. The summed E-state index contributed by atoms with van der Waals surface area (Å²) in [6.45, 7) is 6.90. The number of nitrogens with zero attached hydrogens (tertiary/aromatic N) is 4. The van der Waals surface area contributed by atoms with E-state index in [4.69, 9.17) is 0 Å². The highest BCUT2D eigenvalue weighted by atomic mass is 16.2. The number of piperidine rings is 1. The smallest absolute Gasteiger partial charge is 0.280 e. The van der Waals surface area contributed by atoms with Gasteiger partial charge < -0.3 is 10.2 Å². The molecule has 6 nitrogen and oxygen atoms in total. The van der Waals surface area contributed by atoms with Crippen LogP contribution in [0.3, 0.4) is 0 Å². The van der Waals surface area contributed by atoms with Gasteiger partial charge in [-0.05, 0) is 56.8 Å². The Morgan fingerprint density at radius 1 is 1.20 bits per heavy atom. The van der Waals surface area contributed by atoms with Crippen molar-refractivity contribution < 1.29 is 4.79 Å². The highest BCUT2D eigenvalue weighted by Crippen LogP contribution is 2.35. The second-order valence-corrected chi connectivity index (χ2v) is 7.15. The van der Waals surface area contributed by atoms with E-state index in [1.54, 1.807) is 0 Å². The van der Waals surface area contributed by atoms with Crippen molar-refractivity contribution in [3.8, 4) is 0 Å². The Bertz CT molecular complexity index is 778. The number of hydrogen-bond acceptors (Lipinski definition) is 4. The molecular formula is C19H25N5O. The van der Waals surface area contributed by atoms with Crippen LogP contribution < -0.4 is 10.2 Å². The van der Waals surface area contributed by atoms with Gasteiger partial charge in [-0.25, -0.2) is 4.68 Å². The zero-order valence-corrected chi connectivity index (χ0v) is 14.9. The molecule has 4 rings (SSSR count). The molecule has 0 radical (unpaired) electrons. The fourth-order valence-electron chi connectivity index (χ4n) is 4.02. The summed E-state index contributed by atoms with van der Waals surface area (Å²) in [5, 5.41) is 11.9. The van der Waals surface area contributed by atoms with E-state index < -0.39 is 0 Å². The SMILES string of the molecule is Cc1c(C(=O)N2CCC(C)c3ccccc32)nnn1C1CCNCC1. The number of carbonyl (C=O) groups excluding carboxylic acids is 1. The van der Waals surface area contributed by atoms with Gasteiger partial charge >= 0.3 is 0 Å². The fraction of sp³-hybridized carbons (Fsp3) is 0.526. The molecule has 0 aliphatic carbocycles. The molecular weight excluding hydrogens is 314 g/mol. The monoisotopic (exact) mass is 339 g/mol. The van der Waals surface area contributed by atoms with Crippen molar-refractivity contribution in [2.24, 2.45) is 0 Å². The van der Waals surface area contributed by atoms with Crippen molar-refractivity contribution in [2.45, 2.75) is 45.1 Å². The second-order valence-electron chi connectivity index (χ2n) is 7.15. The Labute approximate surface area is 148 Å². The molecule has 0 saturated carbocycles. The summed E-state index contributed by atoms with van der Waals surface area (Å²) < 4.78 is 1.95. The van der Waals surface area contributed by atoms with Gasteiger partial charge in [-0.3, -0.25) is 4.79 Å². The van der Waals surface area contributed by atoms with E-state index in [1.807, 2.05) is 34.7 Å². The fourth-order valence-corrected chi connectivity index (χ4v) is 4.02. The molecule has 25 heavy (non-hydrogen) atoms. The van der Waals surface area contributed by atoms with Crippen molar-refractivity contribution in [1.82, 2.24) is 20.3 Å². The molecule has 0 spiro atoms. The lowest BCUT2D eigenvalue weighted by molar-refractivity contribution is 0.0979. The average molecular weight is 339 g/mol. The number of amides is 1. The molecule has 2 aliphatic heterocycles. The van der Waals surface area contributed by atoms with Gasteiger partial charge in [0.15, 0.2) is 5.69 Å². The summed E-state index contributed by atoms with van der Waals surface area (Å²) in [4.78, 5) is 15.1. The number of carbonyl (C=O) groups is 1. The molecule has 1 amide bonds. The number of para-hydroxylation sites is 1. The van der Waals surface area contributed by atoms with Gasteiger partial charge in [-0.2, -0.15) is 0 Å². The Morgan fingerprint density at radius 2 is 1.96 bits per heavy atom. The first-order valence-electron chi connectivity index (χ1n) is 9.20. The number of fused-ring (bicyclic) bond motifs is 1. The minimum Gasteiger partial charge on any atom is -0.317 e. The average Bonchev–Trinajstić information content (AvgIpc) is 3.04. The zero-order chi connectivity index (χ0) is 17.4. The molecule has 3 heterocycles. The van der Waals surface area contributed by atoms with Crippen molar-refractivity contribution in [2.75, 3.05) is 24.5 Å². The normalized spacial score (nSPS) is 21.2. The van der Waals surface area contributed by atoms with Crippen LogP contribution in [0.4, 0.5) is 5.69 Å². The third-order valence-corrected chi connectivity index (χ3v) is 5.57. The quantitative estimate of drug-likeness (QED) is 0.914. The van der Waals surface area contributed by atoms with Crippen LogP contribution in [0.1, 0.15) is 59.9 Å². The van der Waals surface area contributed by atoms with Gasteiger partial charge in [0.05, 0.1) is 11.7 Å². The van der Waals surface area contributed by atoms with Crippen molar-refractivity contribution in [3.05, 3.63) is 41.2 Å². The first-order valence-corrected chi connectivity index (χ1v) is 9.20. The van der Waals surface area contributed by atoms with Crippen LogP contribution >= 0.6 is 0 Å². The lowest BCUT2D eigenvalue weighted by atomic mass is 9.91. The van der Waals surface area contributed by atoms with Gasteiger partial charge in [0, 0.05) is 12.2 Å². The maximum absolute atomic E-state index is 13.2. The van der Waals surface area contributed by atoms with E-state index in [1.165, 1.54) is 5.56 Å². The summed E-state index contributed by atoms with van der Waals surface area (Å²) >= 11 is 0. The Balaban J connectivity index is 1.64. The van der Waals surface area contributed by atoms with Gasteiger partial charge in [-0.15, -0.1) is 5.10 Å². The first-order chi connectivity index (χ1) is 12.2. The van der Waals surface area contributed by atoms with E-state index in [0.717, 1.165) is 50.3 Å². The second kappa shape index (κ2) is 6.59. The summed E-state index contributed by atoms with van der Waals surface area (Å²) in [5.74, 6) is 0.448. The maximum Gasteiger partial charge on any atom is 0.280 e. The molecule has 2 aromatic rings. The van der Waals surface area contributed by atoms with E-state index in [-0.39, 0.29) is 5.91 Å². The van der Waals surface area contributed by atoms with Crippen molar-refractivity contribution in [3.63, 3.8) is 0 Å². The third-order valence-electron chi connectivity index (χ3n) is 5.57. The molecule has 1 saturated heterocycles. The van der Waals surface area contributed by atoms with Gasteiger partial charge in [0.2, 0.25) is 0 Å². The Kier molecular flexibility index (Phi) is 4.29. The predicted molar refractivity (Wildman–Crippen MR) is 97.1 cm³/mol. The number of benzene rings is 1. The summed E-state index contributed by atoms with van der Waals surface area (Å²) in [6.07, 6.45) is 3.04. The molecule has 1 aromatic heterocycles. The molecule has 6 heteroatoms. The van der Waals surface area contributed by atoms with E-state index in [0.29, 0.717) is 17.7 Å². The van der Waals surface area contributed by atoms with Crippen LogP contribution in [-0.4, -0.2) is 40.5 Å². The lowest BCUT2D eigenvalue weighted by Crippen LogP contribution is -2.37. The topological polar surface area (TPSA) is 63.1 Å². The molecule has 1 aromatic carbocycles. The highest BCUT2D eigenvalue weighted by molar-refractivity contribution is 6.06. The van der Waals surface area contributed by atoms with Gasteiger partial charge in [0.25, 0.3) is 5.91 Å². The van der Waals surface area contributed by atoms with E-state index in [2.05, 4.69) is 28.6 Å². The molecule has 2 aliphatic rings. The van der Waals surface area contributed by atoms with Crippen LogP contribution in [0, 0.1) is 6.92 Å². The van der Waals surface area contributed by atoms with Gasteiger partial charge in [-0.1, -0.05) is 30.3 Å². The standard InChI is InChI=1S/C19H25N5O/c1-13-9-12-23(17-6-4-3-5-16(13)17)19(25)18-14(2)24(22-21-18)15-7-10-20-11-8-15/h3-6,13,15,20H,7-12H2,1-2H3. The summed E-state index contributed by atoms with van der Waals surface area (Å²) in [5.41, 5.74) is 3.63. The number of nitrogens with one attached hydrogen (secondary N) is 1. The van der Waals surface area contributed by atoms with Gasteiger partial charge in [0.1, 0.15) is 0 Å². The molecule has 1 fully saturated rings. The van der Waals surface area contributed by atoms with Crippen molar-refractivity contribution >= 4 is 11.6 Å².